The number of aryl methyl sites for hydroxylation is 1. The average Bonchev–Trinajstić information content (AvgIpc) is 2.96. The zero-order valence-electron chi connectivity index (χ0n) is 14.7. The van der Waals surface area contributed by atoms with E-state index in [2.05, 4.69) is 11.8 Å². The molecule has 2 aliphatic rings. The molecule has 0 aromatic heterocycles. The van der Waals surface area contributed by atoms with E-state index < -0.39 is 0 Å². The van der Waals surface area contributed by atoms with Gasteiger partial charge < -0.3 is 4.90 Å². The molecule has 2 saturated heterocycles. The Morgan fingerprint density at radius 3 is 2.54 bits per heavy atom. The number of benzene rings is 1. The summed E-state index contributed by atoms with van der Waals surface area (Å²) in [6.45, 7) is 6.07. The van der Waals surface area contributed by atoms with Crippen molar-refractivity contribution >= 4 is 11.7 Å². The summed E-state index contributed by atoms with van der Waals surface area (Å²) >= 11 is 0. The summed E-state index contributed by atoms with van der Waals surface area (Å²) in [7, 11) is 0. The number of nitrogens with zero attached hydrogens (tertiary/aromatic N) is 2. The van der Waals surface area contributed by atoms with Crippen LogP contribution in [0.3, 0.4) is 0 Å². The summed E-state index contributed by atoms with van der Waals surface area (Å²) in [5.74, 6) is 0.214. The van der Waals surface area contributed by atoms with Crippen molar-refractivity contribution in [2.24, 2.45) is 0 Å². The molecule has 0 N–H and O–H groups in total. The molecule has 0 aliphatic carbocycles. The number of hydrogen-bond acceptors (Lipinski definition) is 3. The fraction of sp³-hybridized carbons (Fsp3) is 0.600. The van der Waals surface area contributed by atoms with E-state index in [1.54, 1.807) is 0 Å². The van der Waals surface area contributed by atoms with Gasteiger partial charge in [-0.25, -0.2) is 0 Å². The van der Waals surface area contributed by atoms with Gasteiger partial charge in [0.15, 0.2) is 5.78 Å². The van der Waals surface area contributed by atoms with Gasteiger partial charge in [0.2, 0.25) is 5.91 Å². The molecule has 4 nitrogen and oxygen atoms in total. The molecule has 2 heterocycles. The van der Waals surface area contributed by atoms with E-state index in [9.17, 15) is 9.59 Å². The van der Waals surface area contributed by atoms with Crippen LogP contribution in [-0.4, -0.2) is 53.7 Å². The van der Waals surface area contributed by atoms with Crippen molar-refractivity contribution < 1.29 is 9.59 Å². The van der Waals surface area contributed by atoms with Crippen LogP contribution < -0.4 is 0 Å². The summed E-state index contributed by atoms with van der Waals surface area (Å²) in [5.41, 5.74) is 1.95. The quantitative estimate of drug-likeness (QED) is 0.780. The van der Waals surface area contributed by atoms with Crippen molar-refractivity contribution in [1.29, 1.82) is 0 Å². The Morgan fingerprint density at radius 2 is 1.79 bits per heavy atom. The summed E-state index contributed by atoms with van der Waals surface area (Å²) in [6.07, 6.45) is 5.12. The molecule has 2 aliphatic heterocycles. The Balaban J connectivity index is 1.51. The third-order valence-electron chi connectivity index (χ3n) is 5.41. The lowest BCUT2D eigenvalue weighted by Gasteiger charge is -2.25. The van der Waals surface area contributed by atoms with Gasteiger partial charge in [0.05, 0.1) is 0 Å². The number of carbonyl (C=O) groups is 2. The van der Waals surface area contributed by atoms with E-state index >= 15 is 0 Å². The fourth-order valence-electron chi connectivity index (χ4n) is 3.88. The number of ketones is 1. The number of rotatable bonds is 5. The lowest BCUT2D eigenvalue weighted by Crippen LogP contribution is -2.39. The Hall–Kier alpha value is -1.68. The molecule has 1 aromatic carbocycles. The highest BCUT2D eigenvalue weighted by Gasteiger charge is 2.30. The second kappa shape index (κ2) is 7.93. The van der Waals surface area contributed by atoms with Crippen molar-refractivity contribution in [2.75, 3.05) is 26.2 Å². The van der Waals surface area contributed by atoms with E-state index in [-0.39, 0.29) is 11.7 Å². The SMILES string of the molecule is CCc1ccc(C(=O)CCC(=O)N2CCCN3CCC[C@H]3C2)cc1. The maximum atomic E-state index is 12.5. The minimum atomic E-state index is 0.0725. The van der Waals surface area contributed by atoms with E-state index in [0.29, 0.717) is 18.9 Å². The zero-order chi connectivity index (χ0) is 16.9. The molecule has 1 amide bonds. The lowest BCUT2D eigenvalue weighted by atomic mass is 10.0. The van der Waals surface area contributed by atoms with Gasteiger partial charge in [-0.1, -0.05) is 31.2 Å². The zero-order valence-corrected chi connectivity index (χ0v) is 14.7. The largest absolute Gasteiger partial charge is 0.341 e. The highest BCUT2D eigenvalue weighted by Crippen LogP contribution is 2.22. The summed E-state index contributed by atoms with van der Waals surface area (Å²) in [5, 5.41) is 0. The number of Topliss-reactive ketones (excluding diaryl/α,β-unsaturated/α-hetero) is 1. The van der Waals surface area contributed by atoms with Gasteiger partial charge >= 0.3 is 0 Å². The summed E-state index contributed by atoms with van der Waals surface area (Å²) in [4.78, 5) is 29.3. The summed E-state index contributed by atoms with van der Waals surface area (Å²) in [6, 6.07) is 8.30. The number of carbonyl (C=O) groups excluding carboxylic acids is 2. The molecule has 0 bridgehead atoms. The molecule has 130 valence electrons. The standard InChI is InChI=1S/C20H28N2O2/c1-2-16-6-8-17(9-7-16)19(23)10-11-20(24)22-14-4-13-21-12-3-5-18(21)15-22/h6-9,18H,2-5,10-15H2,1H3/t18-/m0/s1. The third-order valence-corrected chi connectivity index (χ3v) is 5.41. The van der Waals surface area contributed by atoms with Crippen LogP contribution in [0.4, 0.5) is 0 Å². The van der Waals surface area contributed by atoms with Gasteiger partial charge in [-0.05, 0) is 37.8 Å². The number of amides is 1. The van der Waals surface area contributed by atoms with Crippen molar-refractivity contribution in [1.82, 2.24) is 9.80 Å². The third kappa shape index (κ3) is 4.04. The Labute approximate surface area is 144 Å². The molecule has 0 unspecified atom stereocenters. The van der Waals surface area contributed by atoms with Gasteiger partial charge in [0, 0.05) is 44.1 Å². The first-order valence-electron chi connectivity index (χ1n) is 9.31. The van der Waals surface area contributed by atoms with Gasteiger partial charge in [-0.3, -0.25) is 14.5 Å². The molecule has 0 saturated carbocycles. The van der Waals surface area contributed by atoms with Crippen LogP contribution in [0.5, 0.6) is 0 Å². The van der Waals surface area contributed by atoms with Gasteiger partial charge in [-0.15, -0.1) is 0 Å². The highest BCUT2D eigenvalue weighted by atomic mass is 16.2. The van der Waals surface area contributed by atoms with Crippen LogP contribution in [0.25, 0.3) is 0 Å². The van der Waals surface area contributed by atoms with Gasteiger partial charge in [0.1, 0.15) is 0 Å². The van der Waals surface area contributed by atoms with Crippen molar-refractivity contribution in [3.63, 3.8) is 0 Å². The molecule has 4 heteroatoms. The van der Waals surface area contributed by atoms with E-state index in [1.165, 1.54) is 24.9 Å². The van der Waals surface area contributed by atoms with Crippen molar-refractivity contribution in [2.45, 2.75) is 51.5 Å². The van der Waals surface area contributed by atoms with Crippen molar-refractivity contribution in [3.8, 4) is 0 Å². The minimum absolute atomic E-state index is 0.0725. The first-order valence-corrected chi connectivity index (χ1v) is 9.31. The smallest absolute Gasteiger partial charge is 0.223 e. The fourth-order valence-corrected chi connectivity index (χ4v) is 3.88. The Bertz CT molecular complexity index is 582. The normalized spacial score (nSPS) is 21.4. The Kier molecular flexibility index (Phi) is 5.67. The predicted octanol–water partition coefficient (Wildman–Crippen LogP) is 2.91. The minimum Gasteiger partial charge on any atom is -0.341 e. The molecule has 2 fully saturated rings. The molecule has 0 spiro atoms. The van der Waals surface area contributed by atoms with Crippen LogP contribution in [0, 0.1) is 0 Å². The van der Waals surface area contributed by atoms with Crippen LogP contribution in [0.15, 0.2) is 24.3 Å². The van der Waals surface area contributed by atoms with Crippen LogP contribution in [0.1, 0.15) is 54.9 Å². The molecule has 24 heavy (non-hydrogen) atoms. The average molecular weight is 328 g/mol. The monoisotopic (exact) mass is 328 g/mol. The van der Waals surface area contributed by atoms with Gasteiger partial charge in [0.25, 0.3) is 0 Å². The molecular weight excluding hydrogens is 300 g/mol. The van der Waals surface area contributed by atoms with Gasteiger partial charge in [-0.2, -0.15) is 0 Å². The van der Waals surface area contributed by atoms with E-state index in [4.69, 9.17) is 0 Å². The van der Waals surface area contributed by atoms with Crippen molar-refractivity contribution in [3.05, 3.63) is 35.4 Å². The number of hydrogen-bond donors (Lipinski definition) is 0. The molecule has 3 rings (SSSR count). The maximum absolute atomic E-state index is 12.5. The molecule has 1 atom stereocenters. The predicted molar refractivity (Wildman–Crippen MR) is 95.2 cm³/mol. The molecular formula is C20H28N2O2. The summed E-state index contributed by atoms with van der Waals surface area (Å²) < 4.78 is 0. The highest BCUT2D eigenvalue weighted by molar-refractivity contribution is 5.98. The maximum Gasteiger partial charge on any atom is 0.223 e. The Morgan fingerprint density at radius 1 is 1.04 bits per heavy atom. The first-order chi connectivity index (χ1) is 11.7. The van der Waals surface area contributed by atoms with Crippen LogP contribution in [-0.2, 0) is 11.2 Å². The molecule has 0 radical (unpaired) electrons. The lowest BCUT2D eigenvalue weighted by molar-refractivity contribution is -0.131. The second-order valence-corrected chi connectivity index (χ2v) is 7.00. The second-order valence-electron chi connectivity index (χ2n) is 7.00. The van der Waals surface area contributed by atoms with E-state index in [0.717, 1.165) is 38.0 Å². The van der Waals surface area contributed by atoms with Crippen LogP contribution >= 0.6 is 0 Å². The topological polar surface area (TPSA) is 40.6 Å². The van der Waals surface area contributed by atoms with E-state index in [1.807, 2.05) is 29.2 Å². The first kappa shape index (κ1) is 17.2. The number of fused-ring (bicyclic) bond motifs is 1. The molecule has 1 aromatic rings. The van der Waals surface area contributed by atoms with Crippen LogP contribution in [0.2, 0.25) is 0 Å².